The van der Waals surface area contributed by atoms with Crippen molar-refractivity contribution in [3.05, 3.63) is 82.6 Å². The topological polar surface area (TPSA) is 20.3 Å². The van der Waals surface area contributed by atoms with Crippen LogP contribution in [0.3, 0.4) is 0 Å². The lowest BCUT2D eigenvalue weighted by molar-refractivity contribution is -0.110. The van der Waals surface area contributed by atoms with Gasteiger partial charge in [0.05, 0.1) is 0 Å². The van der Waals surface area contributed by atoms with Crippen LogP contribution in [-0.2, 0) is 4.79 Å². The molecule has 0 aliphatic carbocycles. The molecule has 0 aliphatic rings. The number of allylic oxidation sites excluding steroid dienone is 1. The number of halogens is 2. The van der Waals surface area contributed by atoms with Crippen LogP contribution in [-0.4, -0.2) is 31.3 Å². The zero-order chi connectivity index (χ0) is 17.7. The number of likely N-dealkylation sites (N-methyl/N-ethyl adjacent to an activating group) is 1. The van der Waals surface area contributed by atoms with E-state index in [-0.39, 0.29) is 11.6 Å². The number of hydrogen-bond acceptors (Lipinski definition) is 2. The zero-order valence-electron chi connectivity index (χ0n) is 13.7. The maximum absolute atomic E-state index is 13.2. The quantitative estimate of drug-likeness (QED) is 0.559. The lowest BCUT2D eigenvalue weighted by Crippen LogP contribution is -2.20. The third-order valence-corrected chi connectivity index (χ3v) is 3.66. The van der Waals surface area contributed by atoms with E-state index in [1.807, 2.05) is 31.1 Å². The lowest BCUT2D eigenvalue weighted by Gasteiger charge is -2.14. The summed E-state index contributed by atoms with van der Waals surface area (Å²) < 4.78 is 13.2. The normalized spacial score (nSPS) is 11.6. The largest absolute Gasteiger partial charge is 0.305 e. The molecule has 0 saturated heterocycles. The van der Waals surface area contributed by atoms with E-state index >= 15 is 0 Å². The molecule has 0 radical (unpaired) electrons. The van der Waals surface area contributed by atoms with Gasteiger partial charge in [-0.2, -0.15) is 0 Å². The highest BCUT2D eigenvalue weighted by Gasteiger charge is 2.16. The number of carbonyl (C=O) groups is 1. The van der Waals surface area contributed by atoms with E-state index in [0.29, 0.717) is 28.3 Å². The summed E-state index contributed by atoms with van der Waals surface area (Å²) in [5.74, 6) is -0.505. The van der Waals surface area contributed by atoms with Crippen molar-refractivity contribution in [2.24, 2.45) is 0 Å². The summed E-state index contributed by atoms with van der Waals surface area (Å²) in [7, 11) is 3.75. The monoisotopic (exact) mass is 343 g/mol. The molecule has 0 aliphatic heterocycles. The van der Waals surface area contributed by atoms with Gasteiger partial charge in [-0.1, -0.05) is 42.4 Å². The summed E-state index contributed by atoms with van der Waals surface area (Å²) in [6, 6.07) is 13.0. The first-order valence-corrected chi connectivity index (χ1v) is 7.85. The predicted molar refractivity (Wildman–Crippen MR) is 98.4 cm³/mol. The number of hydrogen-bond donors (Lipinski definition) is 0. The molecule has 24 heavy (non-hydrogen) atoms. The van der Waals surface area contributed by atoms with Crippen molar-refractivity contribution in [2.75, 3.05) is 20.6 Å². The summed E-state index contributed by atoms with van der Waals surface area (Å²) >= 11 is 5.90. The van der Waals surface area contributed by atoms with Crippen LogP contribution in [0, 0.1) is 5.82 Å². The third-order valence-electron chi connectivity index (χ3n) is 3.41. The molecule has 0 atom stereocenters. The van der Waals surface area contributed by atoms with Gasteiger partial charge in [-0.3, -0.25) is 4.79 Å². The Labute approximate surface area is 146 Å². The zero-order valence-corrected chi connectivity index (χ0v) is 14.5. The highest BCUT2D eigenvalue weighted by atomic mass is 35.5. The minimum absolute atomic E-state index is 0.162. The molecule has 2 nitrogen and oxygen atoms in total. The Kier molecular flexibility index (Phi) is 6.07. The maximum atomic E-state index is 13.2. The van der Waals surface area contributed by atoms with Gasteiger partial charge in [-0.25, -0.2) is 4.39 Å². The van der Waals surface area contributed by atoms with Crippen LogP contribution in [0.1, 0.15) is 11.1 Å². The van der Waals surface area contributed by atoms with Crippen molar-refractivity contribution < 1.29 is 9.18 Å². The summed E-state index contributed by atoms with van der Waals surface area (Å²) in [4.78, 5) is 14.7. The molecule has 2 aromatic rings. The Morgan fingerprint density at radius 2 is 1.71 bits per heavy atom. The first-order chi connectivity index (χ1) is 11.4. The van der Waals surface area contributed by atoms with Crippen LogP contribution in [0.5, 0.6) is 0 Å². The molecule has 124 valence electrons. The van der Waals surface area contributed by atoms with E-state index in [4.69, 9.17) is 11.6 Å². The average Bonchev–Trinajstić information content (AvgIpc) is 2.54. The van der Waals surface area contributed by atoms with Gasteiger partial charge in [0, 0.05) is 22.7 Å². The van der Waals surface area contributed by atoms with Crippen LogP contribution in [0.2, 0.25) is 5.02 Å². The SMILES string of the molecule is C=C(CN(C)C)C(=O)/C(=C/c1ccc(Cl)cc1)c1ccc(F)cc1. The summed E-state index contributed by atoms with van der Waals surface area (Å²) in [5.41, 5.74) is 2.44. The fourth-order valence-electron chi connectivity index (χ4n) is 2.28. The first-order valence-electron chi connectivity index (χ1n) is 7.47. The van der Waals surface area contributed by atoms with Gasteiger partial charge in [-0.15, -0.1) is 0 Å². The molecule has 0 amide bonds. The average molecular weight is 344 g/mol. The maximum Gasteiger partial charge on any atom is 0.190 e. The number of ketones is 1. The van der Waals surface area contributed by atoms with Crippen LogP contribution >= 0.6 is 11.6 Å². The number of benzene rings is 2. The van der Waals surface area contributed by atoms with Crippen molar-refractivity contribution >= 4 is 29.0 Å². The Morgan fingerprint density at radius 3 is 2.25 bits per heavy atom. The highest BCUT2D eigenvalue weighted by molar-refractivity contribution is 6.32. The molecule has 4 heteroatoms. The van der Waals surface area contributed by atoms with Gasteiger partial charge in [0.15, 0.2) is 5.78 Å². The Balaban J connectivity index is 2.44. The van der Waals surface area contributed by atoms with Crippen molar-refractivity contribution in [3.63, 3.8) is 0 Å². The second-order valence-corrected chi connectivity index (χ2v) is 6.22. The van der Waals surface area contributed by atoms with Gasteiger partial charge in [0.1, 0.15) is 5.82 Å². The van der Waals surface area contributed by atoms with E-state index in [2.05, 4.69) is 6.58 Å². The van der Waals surface area contributed by atoms with Crippen LogP contribution < -0.4 is 0 Å². The first kappa shape index (κ1) is 18.1. The standard InChI is InChI=1S/C20H19ClFNO/c1-14(13-23(2)3)20(24)19(16-6-10-18(22)11-7-16)12-15-4-8-17(21)9-5-15/h4-12H,1,13H2,2-3H3/b19-12+. The van der Waals surface area contributed by atoms with Gasteiger partial charge in [0.25, 0.3) is 0 Å². The van der Waals surface area contributed by atoms with Gasteiger partial charge in [-0.05, 0) is 55.6 Å². The molecule has 0 N–H and O–H groups in total. The Bertz CT molecular complexity index is 761. The molecule has 0 aromatic heterocycles. The molecule has 0 fully saturated rings. The van der Waals surface area contributed by atoms with Crippen LogP contribution in [0.4, 0.5) is 4.39 Å². The van der Waals surface area contributed by atoms with Crippen molar-refractivity contribution in [1.29, 1.82) is 0 Å². The van der Waals surface area contributed by atoms with E-state index < -0.39 is 0 Å². The van der Waals surface area contributed by atoms with Crippen molar-refractivity contribution in [2.45, 2.75) is 0 Å². The fraction of sp³-hybridized carbons (Fsp3) is 0.150. The van der Waals surface area contributed by atoms with Crippen LogP contribution in [0.15, 0.2) is 60.7 Å². The summed E-state index contributed by atoms with van der Waals surface area (Å²) in [6.07, 6.45) is 1.77. The summed E-state index contributed by atoms with van der Waals surface area (Å²) in [5, 5.41) is 0.624. The van der Waals surface area contributed by atoms with Gasteiger partial charge < -0.3 is 4.90 Å². The lowest BCUT2D eigenvalue weighted by atomic mass is 9.95. The van der Waals surface area contributed by atoms with E-state index in [1.54, 1.807) is 30.3 Å². The van der Waals surface area contributed by atoms with E-state index in [9.17, 15) is 9.18 Å². The number of nitrogens with zero attached hydrogens (tertiary/aromatic N) is 1. The number of rotatable bonds is 6. The Hall–Kier alpha value is -2.23. The molecule has 0 bridgehead atoms. The molecule has 2 rings (SSSR count). The van der Waals surface area contributed by atoms with Gasteiger partial charge >= 0.3 is 0 Å². The number of carbonyl (C=O) groups excluding carboxylic acids is 1. The van der Waals surface area contributed by atoms with Crippen molar-refractivity contribution in [1.82, 2.24) is 4.90 Å². The van der Waals surface area contributed by atoms with Crippen molar-refractivity contribution in [3.8, 4) is 0 Å². The minimum atomic E-state index is -0.343. The minimum Gasteiger partial charge on any atom is -0.305 e. The highest BCUT2D eigenvalue weighted by Crippen LogP contribution is 2.23. The van der Waals surface area contributed by atoms with Gasteiger partial charge in [0.2, 0.25) is 0 Å². The smallest absolute Gasteiger partial charge is 0.190 e. The fourth-order valence-corrected chi connectivity index (χ4v) is 2.41. The third kappa shape index (κ3) is 4.88. The Morgan fingerprint density at radius 1 is 1.12 bits per heavy atom. The summed E-state index contributed by atoms with van der Waals surface area (Å²) in [6.45, 7) is 4.34. The molecule has 0 spiro atoms. The van der Waals surface area contributed by atoms with Crippen LogP contribution in [0.25, 0.3) is 11.6 Å². The predicted octanol–water partition coefficient (Wildman–Crippen LogP) is 4.71. The molecule has 0 saturated carbocycles. The molecular formula is C20H19ClFNO. The molecule has 0 unspecified atom stereocenters. The molecule has 0 heterocycles. The number of Topliss-reactive ketones (excluding diaryl/α,β-unsaturated/α-hetero) is 1. The molecule has 2 aromatic carbocycles. The second-order valence-electron chi connectivity index (χ2n) is 5.79. The molecular weight excluding hydrogens is 325 g/mol. The second kappa shape index (κ2) is 8.04. The van der Waals surface area contributed by atoms with E-state index in [0.717, 1.165) is 5.56 Å². The van der Waals surface area contributed by atoms with E-state index in [1.165, 1.54) is 12.1 Å².